The van der Waals surface area contributed by atoms with E-state index in [1.165, 1.54) is 4.90 Å². The number of benzene rings is 1. The number of hydrogen-bond donors (Lipinski definition) is 0. The summed E-state index contributed by atoms with van der Waals surface area (Å²) in [5.41, 5.74) is 2.49. The van der Waals surface area contributed by atoms with Crippen LogP contribution in [0.25, 0.3) is 10.9 Å². The highest BCUT2D eigenvalue weighted by Crippen LogP contribution is 2.32. The lowest BCUT2D eigenvalue weighted by Crippen LogP contribution is -2.27. The molecule has 2 aromatic rings. The van der Waals surface area contributed by atoms with Crippen LogP contribution in [0.3, 0.4) is 0 Å². The molecule has 1 saturated heterocycles. The zero-order chi connectivity index (χ0) is 15.2. The number of anilines is 1. The molecule has 1 atom stereocenters. The van der Waals surface area contributed by atoms with Crippen molar-refractivity contribution < 1.29 is 13.2 Å². The Balaban J connectivity index is 2.10. The molecule has 1 aromatic heterocycles. The number of carbonyl (C=O) groups excluding carboxylic acids is 1. The van der Waals surface area contributed by atoms with E-state index in [-0.39, 0.29) is 18.9 Å². The molecule has 1 aromatic carbocycles. The van der Waals surface area contributed by atoms with Crippen LogP contribution in [0, 0.1) is 6.92 Å². The molecular formula is C14H13ClN2O3S. The molecule has 2 heterocycles. The van der Waals surface area contributed by atoms with E-state index in [2.05, 4.69) is 4.98 Å². The fourth-order valence-corrected chi connectivity index (χ4v) is 3.66. The molecule has 1 amide bonds. The number of amides is 1. The zero-order valence-corrected chi connectivity index (χ0v) is 12.9. The minimum atomic E-state index is -3.74. The summed E-state index contributed by atoms with van der Waals surface area (Å²) in [6.07, 6.45) is 1.61. The van der Waals surface area contributed by atoms with Gasteiger partial charge in [0.25, 0.3) is 0 Å². The van der Waals surface area contributed by atoms with Crippen LogP contribution >= 0.6 is 10.7 Å². The Labute approximate surface area is 127 Å². The van der Waals surface area contributed by atoms with Gasteiger partial charge in [0.15, 0.2) is 0 Å². The lowest BCUT2D eigenvalue weighted by Gasteiger charge is -2.19. The number of carbonyl (C=O) groups is 1. The van der Waals surface area contributed by atoms with E-state index < -0.39 is 14.3 Å². The van der Waals surface area contributed by atoms with Crippen molar-refractivity contribution >= 4 is 42.2 Å². The number of halogens is 1. The van der Waals surface area contributed by atoms with Crippen molar-refractivity contribution in [2.75, 3.05) is 11.4 Å². The highest BCUT2D eigenvalue weighted by Gasteiger charge is 2.38. The minimum absolute atomic E-state index is 0.0811. The minimum Gasteiger partial charge on any atom is -0.310 e. The number of hydrogen-bond acceptors (Lipinski definition) is 4. The third-order valence-electron chi connectivity index (χ3n) is 3.73. The summed E-state index contributed by atoms with van der Waals surface area (Å²) in [6, 6.07) is 7.36. The van der Waals surface area contributed by atoms with Gasteiger partial charge in [-0.1, -0.05) is 6.07 Å². The summed E-state index contributed by atoms with van der Waals surface area (Å²) in [5, 5.41) is -0.0295. The van der Waals surface area contributed by atoms with Gasteiger partial charge in [-0.25, -0.2) is 8.42 Å². The van der Waals surface area contributed by atoms with Crippen LogP contribution in [0.5, 0.6) is 0 Å². The number of aromatic nitrogens is 1. The van der Waals surface area contributed by atoms with Gasteiger partial charge in [0, 0.05) is 35.2 Å². The molecule has 0 spiro atoms. The van der Waals surface area contributed by atoms with E-state index in [9.17, 15) is 13.2 Å². The van der Waals surface area contributed by atoms with E-state index >= 15 is 0 Å². The maximum Gasteiger partial charge on any atom is 0.237 e. The van der Waals surface area contributed by atoms with Gasteiger partial charge in [0.1, 0.15) is 5.25 Å². The first kappa shape index (κ1) is 14.3. The first-order chi connectivity index (χ1) is 9.88. The molecule has 0 N–H and O–H groups in total. The van der Waals surface area contributed by atoms with Crippen LogP contribution in [0.4, 0.5) is 5.69 Å². The van der Waals surface area contributed by atoms with Gasteiger partial charge in [-0.2, -0.15) is 0 Å². The van der Waals surface area contributed by atoms with Gasteiger partial charge in [-0.05, 0) is 30.7 Å². The highest BCUT2D eigenvalue weighted by atomic mass is 35.7. The smallest absolute Gasteiger partial charge is 0.237 e. The monoisotopic (exact) mass is 324 g/mol. The first-order valence-electron chi connectivity index (χ1n) is 6.46. The summed E-state index contributed by atoms with van der Waals surface area (Å²) in [7, 11) is 1.64. The molecule has 1 fully saturated rings. The Morgan fingerprint density at radius 2 is 2.10 bits per heavy atom. The van der Waals surface area contributed by atoms with Crippen molar-refractivity contribution in [3.63, 3.8) is 0 Å². The highest BCUT2D eigenvalue weighted by molar-refractivity contribution is 8.14. The van der Waals surface area contributed by atoms with Gasteiger partial charge >= 0.3 is 0 Å². The molecule has 110 valence electrons. The molecule has 1 aliphatic rings. The molecule has 0 radical (unpaired) electrons. The Morgan fingerprint density at radius 1 is 1.33 bits per heavy atom. The Bertz CT molecular complexity index is 835. The Kier molecular flexibility index (Phi) is 3.37. The molecule has 0 aliphatic carbocycles. The van der Waals surface area contributed by atoms with Crippen molar-refractivity contribution in [2.24, 2.45) is 0 Å². The van der Waals surface area contributed by atoms with E-state index in [1.807, 2.05) is 25.1 Å². The van der Waals surface area contributed by atoms with Gasteiger partial charge in [-0.3, -0.25) is 9.78 Å². The average molecular weight is 325 g/mol. The second kappa shape index (κ2) is 4.96. The molecule has 0 bridgehead atoms. The maximum atomic E-state index is 12.1. The van der Waals surface area contributed by atoms with Gasteiger partial charge in [0.2, 0.25) is 15.0 Å². The van der Waals surface area contributed by atoms with Crippen LogP contribution < -0.4 is 4.90 Å². The topological polar surface area (TPSA) is 67.3 Å². The van der Waals surface area contributed by atoms with Crippen LogP contribution in [-0.4, -0.2) is 31.1 Å². The SMILES string of the molecule is Cc1ccc(N2CC(S(=O)(=O)Cl)CC2=O)c2cccnc12. The second-order valence-corrected chi connectivity index (χ2v) is 8.02. The summed E-state index contributed by atoms with van der Waals surface area (Å²) in [6.45, 7) is 2.02. The average Bonchev–Trinajstić information content (AvgIpc) is 2.82. The third-order valence-corrected chi connectivity index (χ3v) is 5.59. The molecule has 7 heteroatoms. The van der Waals surface area contributed by atoms with Crippen LogP contribution in [0.2, 0.25) is 0 Å². The van der Waals surface area contributed by atoms with Crippen molar-refractivity contribution in [2.45, 2.75) is 18.6 Å². The lowest BCUT2D eigenvalue weighted by atomic mass is 10.1. The molecule has 0 saturated carbocycles. The summed E-state index contributed by atoms with van der Waals surface area (Å²) >= 11 is 0. The predicted octanol–water partition coefficient (Wildman–Crippen LogP) is 2.22. The van der Waals surface area contributed by atoms with E-state index in [0.717, 1.165) is 16.5 Å². The van der Waals surface area contributed by atoms with E-state index in [4.69, 9.17) is 10.7 Å². The quantitative estimate of drug-likeness (QED) is 0.794. The number of fused-ring (bicyclic) bond motifs is 1. The number of nitrogens with zero attached hydrogens (tertiary/aromatic N) is 2. The summed E-state index contributed by atoms with van der Waals surface area (Å²) < 4.78 is 22.9. The van der Waals surface area contributed by atoms with Crippen LogP contribution in [-0.2, 0) is 13.8 Å². The number of aryl methyl sites for hydroxylation is 1. The zero-order valence-electron chi connectivity index (χ0n) is 11.3. The van der Waals surface area contributed by atoms with Gasteiger partial charge in [-0.15, -0.1) is 0 Å². The third kappa shape index (κ3) is 2.49. The standard InChI is InChI=1S/C14H13ClN2O3S/c1-9-4-5-12(11-3-2-6-16-14(9)11)17-8-10(7-13(17)18)21(15,19)20/h2-6,10H,7-8H2,1H3. The van der Waals surface area contributed by atoms with Crippen LogP contribution in [0.15, 0.2) is 30.5 Å². The number of rotatable bonds is 2. The molecule has 1 unspecified atom stereocenters. The lowest BCUT2D eigenvalue weighted by molar-refractivity contribution is -0.117. The summed E-state index contributed by atoms with van der Waals surface area (Å²) in [5.74, 6) is -0.238. The van der Waals surface area contributed by atoms with Gasteiger partial charge < -0.3 is 4.90 Å². The van der Waals surface area contributed by atoms with Gasteiger partial charge in [0.05, 0.1) is 11.2 Å². The molecule has 3 rings (SSSR count). The van der Waals surface area contributed by atoms with Crippen molar-refractivity contribution in [3.05, 3.63) is 36.0 Å². The normalized spacial score (nSPS) is 19.4. The largest absolute Gasteiger partial charge is 0.310 e. The molecule has 1 aliphatic heterocycles. The maximum absolute atomic E-state index is 12.1. The predicted molar refractivity (Wildman–Crippen MR) is 82.0 cm³/mol. The molecular weight excluding hydrogens is 312 g/mol. The van der Waals surface area contributed by atoms with Crippen molar-refractivity contribution in [3.8, 4) is 0 Å². The second-order valence-electron chi connectivity index (χ2n) is 5.11. The summed E-state index contributed by atoms with van der Waals surface area (Å²) in [4.78, 5) is 17.9. The number of pyridine rings is 1. The van der Waals surface area contributed by atoms with Crippen LogP contribution in [0.1, 0.15) is 12.0 Å². The van der Waals surface area contributed by atoms with Crippen molar-refractivity contribution in [1.82, 2.24) is 4.98 Å². The first-order valence-corrected chi connectivity index (χ1v) is 8.83. The van der Waals surface area contributed by atoms with E-state index in [0.29, 0.717) is 5.69 Å². The fraction of sp³-hybridized carbons (Fsp3) is 0.286. The van der Waals surface area contributed by atoms with Crippen molar-refractivity contribution in [1.29, 1.82) is 0 Å². The fourth-order valence-electron chi connectivity index (χ4n) is 2.63. The Morgan fingerprint density at radius 3 is 2.76 bits per heavy atom. The molecule has 21 heavy (non-hydrogen) atoms. The Hall–Kier alpha value is -1.66. The van der Waals surface area contributed by atoms with E-state index in [1.54, 1.807) is 12.3 Å². The molecule has 5 nitrogen and oxygen atoms in total.